The minimum Gasteiger partial charge on any atom is -0.389 e. The van der Waals surface area contributed by atoms with Crippen molar-refractivity contribution < 1.29 is 5.11 Å². The molecule has 2 aliphatic rings. The summed E-state index contributed by atoms with van der Waals surface area (Å²) >= 11 is 0. The second kappa shape index (κ2) is 10.3. The van der Waals surface area contributed by atoms with Crippen molar-refractivity contribution in [1.82, 2.24) is 0 Å². The molecule has 0 amide bonds. The molecule has 0 aliphatic heterocycles. The van der Waals surface area contributed by atoms with E-state index < -0.39 is 0 Å². The lowest BCUT2D eigenvalue weighted by Gasteiger charge is -2.46. The normalized spacial score (nSPS) is 19.7. The van der Waals surface area contributed by atoms with Gasteiger partial charge in [-0.15, -0.1) is 6.42 Å². The highest BCUT2D eigenvalue weighted by Crippen LogP contribution is 2.45. The van der Waals surface area contributed by atoms with E-state index in [9.17, 15) is 5.11 Å². The molecule has 2 saturated carbocycles. The van der Waals surface area contributed by atoms with Crippen LogP contribution in [0.5, 0.6) is 0 Å². The highest BCUT2D eigenvalue weighted by molar-refractivity contribution is 5.34. The average molecular weight is 367 g/mol. The Morgan fingerprint density at radius 2 is 1.37 bits per heavy atom. The molecule has 0 spiro atoms. The van der Waals surface area contributed by atoms with Crippen molar-refractivity contribution in [2.75, 3.05) is 0 Å². The summed E-state index contributed by atoms with van der Waals surface area (Å²) in [4.78, 5) is 0. The number of aliphatic hydroxyl groups is 1. The van der Waals surface area contributed by atoms with Crippen molar-refractivity contribution in [1.29, 1.82) is 0 Å². The average Bonchev–Trinajstić information content (AvgIpc) is 2.75. The molecule has 148 valence electrons. The second-order valence-electron chi connectivity index (χ2n) is 9.06. The van der Waals surface area contributed by atoms with Crippen molar-refractivity contribution >= 4 is 0 Å². The van der Waals surface area contributed by atoms with Crippen molar-refractivity contribution in [2.24, 2.45) is 11.8 Å². The summed E-state index contributed by atoms with van der Waals surface area (Å²) in [6.07, 6.45) is 24.3. The van der Waals surface area contributed by atoms with Crippen LogP contribution in [-0.2, 0) is 6.42 Å². The molecule has 27 heavy (non-hydrogen) atoms. The third-order valence-corrected chi connectivity index (χ3v) is 7.29. The van der Waals surface area contributed by atoms with Crippen LogP contribution < -0.4 is 0 Å². The molecule has 1 aromatic carbocycles. The molecular weight excluding hydrogens is 328 g/mol. The lowest BCUT2D eigenvalue weighted by Crippen LogP contribution is -2.46. The van der Waals surface area contributed by atoms with Crippen molar-refractivity contribution in [3.63, 3.8) is 0 Å². The minimum atomic E-state index is -0.380. The van der Waals surface area contributed by atoms with E-state index in [4.69, 9.17) is 6.42 Å². The molecule has 2 aliphatic carbocycles. The van der Waals surface area contributed by atoms with Gasteiger partial charge in [0.1, 0.15) is 0 Å². The monoisotopic (exact) mass is 366 g/mol. The topological polar surface area (TPSA) is 20.2 Å². The van der Waals surface area contributed by atoms with E-state index in [1.165, 1.54) is 89.0 Å². The number of benzene rings is 1. The largest absolute Gasteiger partial charge is 0.389 e. The van der Waals surface area contributed by atoms with Gasteiger partial charge < -0.3 is 5.11 Å². The first-order valence-corrected chi connectivity index (χ1v) is 11.5. The summed E-state index contributed by atoms with van der Waals surface area (Å²) in [5.74, 6) is 3.80. The van der Waals surface area contributed by atoms with Gasteiger partial charge in [0.25, 0.3) is 0 Å². The quantitative estimate of drug-likeness (QED) is 0.403. The Morgan fingerprint density at radius 1 is 0.815 bits per heavy atom. The summed E-state index contributed by atoms with van der Waals surface area (Å²) in [5.41, 5.74) is 1.96. The maximum atomic E-state index is 11.8. The van der Waals surface area contributed by atoms with E-state index in [0.717, 1.165) is 18.4 Å². The number of hydrogen-bond donors (Lipinski definition) is 1. The van der Waals surface area contributed by atoms with Crippen LogP contribution >= 0.6 is 0 Å². The fourth-order valence-corrected chi connectivity index (χ4v) is 5.63. The Bertz CT molecular complexity index is 564. The summed E-state index contributed by atoms with van der Waals surface area (Å²) in [7, 11) is 0. The van der Waals surface area contributed by atoms with E-state index in [1.54, 1.807) is 0 Å². The zero-order chi connectivity index (χ0) is 19.0. The fraction of sp³-hybridized carbons (Fsp3) is 0.692. The van der Waals surface area contributed by atoms with Crippen LogP contribution in [-0.4, -0.2) is 10.7 Å². The van der Waals surface area contributed by atoms with Crippen LogP contribution in [0.1, 0.15) is 101 Å². The Kier molecular flexibility index (Phi) is 7.83. The molecule has 0 heterocycles. The first kappa shape index (κ1) is 20.5. The predicted octanol–water partition coefficient (Wildman–Crippen LogP) is 6.66. The van der Waals surface area contributed by atoms with Crippen LogP contribution in [0.25, 0.3) is 0 Å². The van der Waals surface area contributed by atoms with E-state index in [2.05, 4.69) is 18.1 Å². The zero-order valence-corrected chi connectivity index (χ0v) is 17.1. The van der Waals surface area contributed by atoms with Gasteiger partial charge in [0, 0.05) is 5.56 Å². The molecule has 0 radical (unpaired) electrons. The van der Waals surface area contributed by atoms with Crippen LogP contribution in [0.2, 0.25) is 0 Å². The lowest BCUT2D eigenvalue weighted by molar-refractivity contribution is -0.0989. The van der Waals surface area contributed by atoms with Crippen LogP contribution in [0, 0.1) is 24.2 Å². The van der Waals surface area contributed by atoms with Crippen molar-refractivity contribution in [3.8, 4) is 12.3 Å². The molecule has 0 atom stereocenters. The van der Waals surface area contributed by atoms with Gasteiger partial charge in [0.05, 0.1) is 5.60 Å². The third-order valence-electron chi connectivity index (χ3n) is 7.29. The van der Waals surface area contributed by atoms with E-state index >= 15 is 0 Å². The van der Waals surface area contributed by atoms with Gasteiger partial charge in [0.2, 0.25) is 0 Å². The van der Waals surface area contributed by atoms with Gasteiger partial charge in [0.15, 0.2) is 0 Å². The van der Waals surface area contributed by atoms with E-state index in [1.807, 2.05) is 12.1 Å². The number of rotatable bonds is 8. The summed E-state index contributed by atoms with van der Waals surface area (Å²) in [5, 5.41) is 11.8. The highest BCUT2D eigenvalue weighted by Gasteiger charge is 2.43. The number of hydrogen-bond acceptors (Lipinski definition) is 1. The molecular formula is C26H38O. The SMILES string of the molecule is C#Cc1ccc(CCCCCC(O)(C2CCCCC2)C2CCCCC2)cc1. The molecule has 0 unspecified atom stereocenters. The summed E-state index contributed by atoms with van der Waals surface area (Å²) in [6.45, 7) is 0. The maximum absolute atomic E-state index is 11.8. The highest BCUT2D eigenvalue weighted by atomic mass is 16.3. The molecule has 1 N–H and O–H groups in total. The van der Waals surface area contributed by atoms with Gasteiger partial charge >= 0.3 is 0 Å². The third kappa shape index (κ3) is 5.61. The second-order valence-corrected chi connectivity index (χ2v) is 9.06. The molecule has 0 saturated heterocycles. The Morgan fingerprint density at radius 3 is 1.89 bits per heavy atom. The predicted molar refractivity (Wildman–Crippen MR) is 115 cm³/mol. The Hall–Kier alpha value is -1.26. The smallest absolute Gasteiger partial charge is 0.0703 e. The number of unbranched alkanes of at least 4 members (excludes halogenated alkanes) is 2. The fourth-order valence-electron chi connectivity index (χ4n) is 5.63. The van der Waals surface area contributed by atoms with Crippen LogP contribution in [0.15, 0.2) is 24.3 Å². The minimum absolute atomic E-state index is 0.380. The maximum Gasteiger partial charge on any atom is 0.0703 e. The molecule has 0 aromatic heterocycles. The van der Waals surface area contributed by atoms with E-state index in [-0.39, 0.29) is 5.60 Å². The van der Waals surface area contributed by atoms with Gasteiger partial charge in [-0.25, -0.2) is 0 Å². The molecule has 3 rings (SSSR count). The van der Waals surface area contributed by atoms with Crippen molar-refractivity contribution in [2.45, 2.75) is 102 Å². The zero-order valence-electron chi connectivity index (χ0n) is 17.1. The van der Waals surface area contributed by atoms with Gasteiger partial charge in [-0.2, -0.15) is 0 Å². The Balaban J connectivity index is 1.49. The van der Waals surface area contributed by atoms with E-state index in [0.29, 0.717) is 11.8 Å². The molecule has 1 aromatic rings. The number of terminal acetylenes is 1. The van der Waals surface area contributed by atoms with Gasteiger partial charge in [-0.05, 0) is 74.5 Å². The molecule has 1 nitrogen and oxygen atoms in total. The van der Waals surface area contributed by atoms with Crippen LogP contribution in [0.4, 0.5) is 0 Å². The van der Waals surface area contributed by atoms with Gasteiger partial charge in [-0.1, -0.05) is 69.4 Å². The molecule has 1 heteroatoms. The standard InChI is InChI=1S/C26H38O/c1-2-22-17-19-23(20-18-22)12-6-5-11-21-26(27,24-13-7-3-8-14-24)25-15-9-4-10-16-25/h1,17-20,24-25,27H,3-16,21H2. The van der Waals surface area contributed by atoms with Crippen molar-refractivity contribution in [3.05, 3.63) is 35.4 Å². The molecule has 2 fully saturated rings. The molecule has 0 bridgehead atoms. The van der Waals surface area contributed by atoms with Gasteiger partial charge in [-0.3, -0.25) is 0 Å². The lowest BCUT2D eigenvalue weighted by atomic mass is 9.64. The number of aryl methyl sites for hydroxylation is 1. The first-order chi connectivity index (χ1) is 13.2. The Labute approximate surface area is 167 Å². The summed E-state index contributed by atoms with van der Waals surface area (Å²) in [6, 6.07) is 8.41. The first-order valence-electron chi connectivity index (χ1n) is 11.5. The van der Waals surface area contributed by atoms with Crippen LogP contribution in [0.3, 0.4) is 0 Å². The summed E-state index contributed by atoms with van der Waals surface area (Å²) < 4.78 is 0.